The van der Waals surface area contributed by atoms with Crippen molar-refractivity contribution >= 4 is 5.69 Å². The van der Waals surface area contributed by atoms with Gasteiger partial charge in [-0.15, -0.1) is 0 Å². The van der Waals surface area contributed by atoms with Gasteiger partial charge in [-0.3, -0.25) is 0 Å². The van der Waals surface area contributed by atoms with Crippen LogP contribution in [0.4, 0.5) is 5.69 Å². The number of anilines is 1. The van der Waals surface area contributed by atoms with Crippen LogP contribution in [0.3, 0.4) is 0 Å². The molecule has 2 unspecified atom stereocenters. The van der Waals surface area contributed by atoms with E-state index in [1.807, 2.05) is 0 Å². The van der Waals surface area contributed by atoms with Gasteiger partial charge in [-0.1, -0.05) is 12.1 Å². The minimum atomic E-state index is 0.731. The van der Waals surface area contributed by atoms with Crippen LogP contribution in [0.2, 0.25) is 0 Å². The Balaban J connectivity index is 2.14. The number of benzene rings is 1. The number of hydrogen-bond acceptors (Lipinski definition) is 2. The molecule has 92 valence electrons. The molecular weight excluding hydrogens is 208 g/mol. The first kappa shape index (κ1) is 11.1. The predicted octanol–water partition coefficient (Wildman–Crippen LogP) is 2.45. The molecule has 2 nitrogen and oxygen atoms in total. The van der Waals surface area contributed by atoms with Crippen molar-refractivity contribution in [3.63, 3.8) is 0 Å². The van der Waals surface area contributed by atoms with Crippen molar-refractivity contribution < 1.29 is 0 Å². The van der Waals surface area contributed by atoms with Crippen molar-refractivity contribution in [2.45, 2.75) is 26.2 Å². The average molecular weight is 230 g/mol. The van der Waals surface area contributed by atoms with E-state index in [4.69, 9.17) is 0 Å². The van der Waals surface area contributed by atoms with Gasteiger partial charge in [0, 0.05) is 31.7 Å². The molecule has 0 aromatic heterocycles. The van der Waals surface area contributed by atoms with Crippen molar-refractivity contribution in [1.82, 2.24) is 5.32 Å². The molecule has 0 saturated carbocycles. The van der Waals surface area contributed by atoms with E-state index >= 15 is 0 Å². The van der Waals surface area contributed by atoms with E-state index < -0.39 is 0 Å². The molecule has 3 rings (SSSR count). The van der Waals surface area contributed by atoms with E-state index in [0.717, 1.165) is 18.4 Å². The fraction of sp³-hybridized carbons (Fsp3) is 0.600. The first-order valence-corrected chi connectivity index (χ1v) is 6.70. The van der Waals surface area contributed by atoms with Gasteiger partial charge in [0.25, 0.3) is 0 Å². The van der Waals surface area contributed by atoms with Crippen LogP contribution in [0.5, 0.6) is 0 Å². The van der Waals surface area contributed by atoms with Crippen LogP contribution in [-0.2, 0) is 0 Å². The lowest BCUT2D eigenvalue weighted by atomic mass is 9.75. The summed E-state index contributed by atoms with van der Waals surface area (Å²) in [5.41, 5.74) is 6.00. The summed E-state index contributed by atoms with van der Waals surface area (Å²) in [6.07, 6.45) is 1.32. The van der Waals surface area contributed by atoms with Gasteiger partial charge in [0.1, 0.15) is 0 Å². The normalized spacial score (nSPS) is 27.6. The lowest BCUT2D eigenvalue weighted by Gasteiger charge is -2.43. The van der Waals surface area contributed by atoms with E-state index in [9.17, 15) is 0 Å². The monoisotopic (exact) mass is 230 g/mol. The minimum absolute atomic E-state index is 0.731. The maximum absolute atomic E-state index is 3.57. The second kappa shape index (κ2) is 4.02. The number of hydrogen-bond donors (Lipinski definition) is 1. The molecule has 0 bridgehead atoms. The van der Waals surface area contributed by atoms with Crippen LogP contribution in [0.25, 0.3) is 0 Å². The molecule has 1 N–H and O–H groups in total. The molecule has 0 spiro atoms. The third kappa shape index (κ3) is 1.66. The van der Waals surface area contributed by atoms with Gasteiger partial charge in [-0.2, -0.15) is 0 Å². The van der Waals surface area contributed by atoms with Gasteiger partial charge in [-0.25, -0.2) is 0 Å². The van der Waals surface area contributed by atoms with E-state index in [1.54, 1.807) is 5.56 Å². The van der Waals surface area contributed by atoms with Gasteiger partial charge in [0.2, 0.25) is 0 Å². The fourth-order valence-corrected chi connectivity index (χ4v) is 3.70. The third-order valence-corrected chi connectivity index (χ3v) is 4.52. The Morgan fingerprint density at radius 3 is 2.82 bits per heavy atom. The number of fused-ring (bicyclic) bond motifs is 3. The Hall–Kier alpha value is -1.02. The van der Waals surface area contributed by atoms with Crippen LogP contribution in [0.1, 0.15) is 29.0 Å². The maximum Gasteiger partial charge on any atom is 0.0432 e. The van der Waals surface area contributed by atoms with E-state index in [-0.39, 0.29) is 0 Å². The molecule has 1 saturated heterocycles. The smallest absolute Gasteiger partial charge is 0.0432 e. The van der Waals surface area contributed by atoms with Gasteiger partial charge >= 0.3 is 0 Å². The summed E-state index contributed by atoms with van der Waals surface area (Å²) in [7, 11) is 2.25. The van der Waals surface area contributed by atoms with Crippen molar-refractivity contribution in [2.75, 3.05) is 31.6 Å². The summed E-state index contributed by atoms with van der Waals surface area (Å²) in [4.78, 5) is 2.48. The number of nitrogens with one attached hydrogen (secondary N) is 1. The molecule has 2 heterocycles. The molecule has 2 heteroatoms. The third-order valence-electron chi connectivity index (χ3n) is 4.52. The summed E-state index contributed by atoms with van der Waals surface area (Å²) < 4.78 is 0. The van der Waals surface area contributed by atoms with Crippen LogP contribution >= 0.6 is 0 Å². The van der Waals surface area contributed by atoms with E-state index in [2.05, 4.69) is 43.2 Å². The second-order valence-electron chi connectivity index (χ2n) is 5.70. The van der Waals surface area contributed by atoms with Crippen LogP contribution < -0.4 is 10.2 Å². The largest absolute Gasteiger partial charge is 0.374 e. The predicted molar refractivity (Wildman–Crippen MR) is 72.9 cm³/mol. The summed E-state index contributed by atoms with van der Waals surface area (Å²) >= 11 is 0. The molecule has 2 atom stereocenters. The molecule has 0 radical (unpaired) electrons. The number of rotatable bonds is 0. The average Bonchev–Trinajstić information content (AvgIpc) is 2.33. The Morgan fingerprint density at radius 2 is 2.00 bits per heavy atom. The Labute approximate surface area is 104 Å². The van der Waals surface area contributed by atoms with Gasteiger partial charge < -0.3 is 10.2 Å². The highest BCUT2D eigenvalue weighted by Crippen LogP contribution is 2.43. The number of nitrogens with zero attached hydrogens (tertiary/aromatic N) is 1. The molecule has 17 heavy (non-hydrogen) atoms. The van der Waals surface area contributed by atoms with E-state index in [0.29, 0.717) is 0 Å². The second-order valence-corrected chi connectivity index (χ2v) is 5.70. The lowest BCUT2D eigenvalue weighted by molar-refractivity contribution is 0.315. The first-order valence-electron chi connectivity index (χ1n) is 6.70. The molecule has 1 fully saturated rings. The molecule has 2 aliphatic rings. The molecule has 1 aromatic carbocycles. The first-order chi connectivity index (χ1) is 8.18. The molecule has 2 aliphatic heterocycles. The highest BCUT2D eigenvalue weighted by Gasteiger charge is 2.35. The van der Waals surface area contributed by atoms with Crippen LogP contribution in [0, 0.1) is 19.8 Å². The van der Waals surface area contributed by atoms with Crippen molar-refractivity contribution in [3.8, 4) is 0 Å². The molecule has 1 aromatic rings. The van der Waals surface area contributed by atoms with Crippen molar-refractivity contribution in [2.24, 2.45) is 5.92 Å². The molecule has 0 amide bonds. The van der Waals surface area contributed by atoms with Gasteiger partial charge in [-0.05, 0) is 49.4 Å². The minimum Gasteiger partial charge on any atom is -0.374 e. The van der Waals surface area contributed by atoms with Gasteiger partial charge in [0.05, 0.1) is 0 Å². The zero-order chi connectivity index (χ0) is 12.0. The number of piperidine rings is 1. The van der Waals surface area contributed by atoms with Crippen molar-refractivity contribution in [3.05, 3.63) is 28.8 Å². The summed E-state index contributed by atoms with van der Waals surface area (Å²) in [5, 5.41) is 3.57. The topological polar surface area (TPSA) is 15.3 Å². The van der Waals surface area contributed by atoms with Crippen LogP contribution in [-0.4, -0.2) is 26.7 Å². The zero-order valence-corrected chi connectivity index (χ0v) is 11.1. The maximum atomic E-state index is 3.57. The quantitative estimate of drug-likeness (QED) is 0.736. The highest BCUT2D eigenvalue weighted by molar-refractivity contribution is 5.65. The summed E-state index contributed by atoms with van der Waals surface area (Å²) in [6.45, 7) is 8.09. The SMILES string of the molecule is Cc1ccc(C)c2c1C1CNCCC1CN2C. The van der Waals surface area contributed by atoms with E-state index in [1.165, 1.54) is 36.3 Å². The van der Waals surface area contributed by atoms with Crippen LogP contribution in [0.15, 0.2) is 12.1 Å². The Bertz CT molecular complexity index is 439. The standard InChI is InChI=1S/C15H22N2/c1-10-4-5-11(2)15-14(10)13-8-16-7-6-12(13)9-17(15)3/h4-5,12-13,16H,6-9H2,1-3H3. The summed E-state index contributed by atoms with van der Waals surface area (Å²) in [6, 6.07) is 4.56. The highest BCUT2D eigenvalue weighted by atomic mass is 15.1. The lowest BCUT2D eigenvalue weighted by Crippen LogP contribution is -2.44. The molecular formula is C15H22N2. The Kier molecular flexibility index (Phi) is 2.62. The fourth-order valence-electron chi connectivity index (χ4n) is 3.70. The van der Waals surface area contributed by atoms with Gasteiger partial charge in [0.15, 0.2) is 0 Å². The number of aryl methyl sites for hydroxylation is 2. The Morgan fingerprint density at radius 1 is 1.24 bits per heavy atom. The van der Waals surface area contributed by atoms with Crippen molar-refractivity contribution in [1.29, 1.82) is 0 Å². The zero-order valence-electron chi connectivity index (χ0n) is 11.1. The summed E-state index contributed by atoms with van der Waals surface area (Å²) in [5.74, 6) is 1.57. The molecule has 0 aliphatic carbocycles.